The van der Waals surface area contributed by atoms with Crippen molar-refractivity contribution in [1.82, 2.24) is 9.99 Å². The maximum absolute atomic E-state index is 13.7. The number of anilines is 2. The van der Waals surface area contributed by atoms with Crippen LogP contribution in [0, 0.1) is 13.8 Å². The minimum absolute atomic E-state index is 0.0687. The predicted molar refractivity (Wildman–Crippen MR) is 169 cm³/mol. The number of hydrogen-bond acceptors (Lipinski definition) is 6. The normalized spacial score (nSPS) is 11.4. The van der Waals surface area contributed by atoms with E-state index < -0.39 is 22.5 Å². The highest BCUT2D eigenvalue weighted by Crippen LogP contribution is 2.31. The van der Waals surface area contributed by atoms with E-state index in [0.29, 0.717) is 32.7 Å². The Balaban J connectivity index is 1.57. The molecule has 0 spiro atoms. The number of ether oxygens (including phenoxy) is 1. The zero-order valence-corrected chi connectivity index (χ0v) is 26.1. The number of hydrogen-bond donors (Lipinski definition) is 2. The van der Waals surface area contributed by atoms with Crippen molar-refractivity contribution in [3.8, 4) is 11.4 Å². The van der Waals surface area contributed by atoms with Gasteiger partial charge in [0.2, 0.25) is 5.91 Å². The van der Waals surface area contributed by atoms with Crippen molar-refractivity contribution in [2.75, 3.05) is 23.3 Å². The van der Waals surface area contributed by atoms with Gasteiger partial charge in [0.05, 0.1) is 39.6 Å². The molecule has 1 aromatic heterocycles. The highest BCUT2D eigenvalue weighted by Gasteiger charge is 2.27. The number of aromatic nitrogens is 1. The van der Waals surface area contributed by atoms with Gasteiger partial charge >= 0.3 is 0 Å². The lowest BCUT2D eigenvalue weighted by Gasteiger charge is -2.24. The van der Waals surface area contributed by atoms with E-state index in [4.69, 9.17) is 27.9 Å². The summed E-state index contributed by atoms with van der Waals surface area (Å²) in [5.41, 5.74) is 6.20. The van der Waals surface area contributed by atoms with Gasteiger partial charge in [-0.25, -0.2) is 13.8 Å². The van der Waals surface area contributed by atoms with E-state index in [-0.39, 0.29) is 16.5 Å². The first-order chi connectivity index (χ1) is 20.4. The summed E-state index contributed by atoms with van der Waals surface area (Å²) in [4.78, 5) is 24.3. The number of aryl methyl sites for hydroxylation is 1. The molecule has 13 heteroatoms. The van der Waals surface area contributed by atoms with Gasteiger partial charge in [-0.15, -0.1) is 0 Å². The number of benzene rings is 3. The number of nitrogens with zero attached hydrogens (tertiary/aromatic N) is 3. The highest BCUT2D eigenvalue weighted by atomic mass is 35.5. The van der Waals surface area contributed by atoms with Crippen molar-refractivity contribution in [3.05, 3.63) is 99.8 Å². The average molecular weight is 643 g/mol. The van der Waals surface area contributed by atoms with Gasteiger partial charge < -0.3 is 14.6 Å². The molecular weight excluding hydrogens is 613 g/mol. The van der Waals surface area contributed by atoms with Gasteiger partial charge in [0.15, 0.2) is 0 Å². The second-order valence-electron chi connectivity index (χ2n) is 9.44. The number of methoxy groups -OCH3 is 1. The van der Waals surface area contributed by atoms with Crippen LogP contribution in [-0.4, -0.2) is 44.7 Å². The number of nitrogens with one attached hydrogen (secondary N) is 2. The average Bonchev–Trinajstić information content (AvgIpc) is 3.25. The number of carbonyl (C=O) groups is 2. The van der Waals surface area contributed by atoms with Crippen molar-refractivity contribution in [2.24, 2.45) is 5.10 Å². The molecule has 0 aliphatic heterocycles. The Morgan fingerprint density at radius 1 is 1.02 bits per heavy atom. The van der Waals surface area contributed by atoms with Gasteiger partial charge in [0, 0.05) is 29.6 Å². The number of sulfonamides is 1. The summed E-state index contributed by atoms with van der Waals surface area (Å²) in [5, 5.41) is 7.51. The van der Waals surface area contributed by atoms with E-state index >= 15 is 0 Å². The summed E-state index contributed by atoms with van der Waals surface area (Å²) in [6.45, 7) is 4.57. The van der Waals surface area contributed by atoms with Crippen molar-refractivity contribution < 1.29 is 22.7 Å². The minimum Gasteiger partial charge on any atom is -0.497 e. The van der Waals surface area contributed by atoms with Gasteiger partial charge in [-0.3, -0.25) is 13.9 Å². The van der Waals surface area contributed by atoms with E-state index in [9.17, 15) is 18.0 Å². The molecule has 4 rings (SSSR count). The molecular formula is C30H29Cl2N5O5S. The second-order valence-corrected chi connectivity index (χ2v) is 12.1. The highest BCUT2D eigenvalue weighted by molar-refractivity contribution is 7.92. The Morgan fingerprint density at radius 2 is 1.70 bits per heavy atom. The lowest BCUT2D eigenvalue weighted by Crippen LogP contribution is -2.39. The third kappa shape index (κ3) is 7.19. The van der Waals surface area contributed by atoms with Gasteiger partial charge in [0.1, 0.15) is 12.3 Å². The molecule has 1 heterocycles. The Kier molecular flexibility index (Phi) is 9.80. The largest absolute Gasteiger partial charge is 0.497 e. The van der Waals surface area contributed by atoms with Crippen LogP contribution in [0.1, 0.15) is 23.9 Å². The SMILES string of the molecule is COc1ccc(N(CC(=O)N/N=C\c2cc(C)n(-c3cccc(Cl)c3Cl)c2C)S(=O)(=O)c2ccc(NC(C)=O)cc2)cc1. The zero-order valence-electron chi connectivity index (χ0n) is 23.8. The molecule has 0 atom stereocenters. The summed E-state index contributed by atoms with van der Waals surface area (Å²) in [5.74, 6) is -0.438. The number of rotatable bonds is 10. The summed E-state index contributed by atoms with van der Waals surface area (Å²) in [7, 11) is -2.71. The quantitative estimate of drug-likeness (QED) is 0.170. The third-order valence-electron chi connectivity index (χ3n) is 6.45. The van der Waals surface area contributed by atoms with Crippen LogP contribution in [-0.2, 0) is 19.6 Å². The Bertz CT molecular complexity index is 1790. The van der Waals surface area contributed by atoms with Crippen LogP contribution >= 0.6 is 23.2 Å². The van der Waals surface area contributed by atoms with Gasteiger partial charge in [0.25, 0.3) is 15.9 Å². The molecule has 0 aliphatic carbocycles. The van der Waals surface area contributed by atoms with Crippen molar-refractivity contribution in [1.29, 1.82) is 0 Å². The summed E-state index contributed by atoms with van der Waals surface area (Å²) < 4.78 is 35.5. The summed E-state index contributed by atoms with van der Waals surface area (Å²) in [6, 6.07) is 19.1. The van der Waals surface area contributed by atoms with Crippen LogP contribution in [0.3, 0.4) is 0 Å². The van der Waals surface area contributed by atoms with E-state index in [2.05, 4.69) is 15.8 Å². The van der Waals surface area contributed by atoms with Crippen molar-refractivity contribution in [2.45, 2.75) is 25.7 Å². The fourth-order valence-corrected chi connectivity index (χ4v) is 6.20. The molecule has 0 unspecified atom stereocenters. The first-order valence-corrected chi connectivity index (χ1v) is 15.1. The minimum atomic E-state index is -4.20. The van der Waals surface area contributed by atoms with Crippen molar-refractivity contribution >= 4 is 62.6 Å². The van der Waals surface area contributed by atoms with Crippen LogP contribution in [0.2, 0.25) is 10.0 Å². The van der Waals surface area contributed by atoms with Gasteiger partial charge in [-0.1, -0.05) is 29.3 Å². The lowest BCUT2D eigenvalue weighted by molar-refractivity contribution is -0.119. The standard InChI is InChI=1S/C30H29Cl2N5O5S/c1-19-16-22(20(2)37(19)28-7-5-6-27(31)30(28)32)17-33-35-29(39)18-36(24-10-12-25(42-4)13-11-24)43(40,41)26-14-8-23(9-15-26)34-21(3)38/h5-17H,18H2,1-4H3,(H,34,38)(H,35,39)/b33-17-. The van der Waals surface area contributed by atoms with Crippen LogP contribution in [0.25, 0.3) is 5.69 Å². The fraction of sp³-hybridized carbons (Fsp3) is 0.167. The van der Waals surface area contributed by atoms with Crippen LogP contribution in [0.4, 0.5) is 11.4 Å². The molecule has 10 nitrogen and oxygen atoms in total. The maximum Gasteiger partial charge on any atom is 0.264 e. The molecule has 0 saturated heterocycles. The maximum atomic E-state index is 13.7. The number of hydrazone groups is 1. The molecule has 4 aromatic rings. The zero-order chi connectivity index (χ0) is 31.3. The van der Waals surface area contributed by atoms with Gasteiger partial charge in [-0.2, -0.15) is 5.10 Å². The van der Waals surface area contributed by atoms with Crippen LogP contribution in [0.15, 0.2) is 82.8 Å². The molecule has 0 radical (unpaired) electrons. The smallest absolute Gasteiger partial charge is 0.264 e. The summed E-state index contributed by atoms with van der Waals surface area (Å²) >= 11 is 12.6. The monoisotopic (exact) mass is 641 g/mol. The molecule has 2 amide bonds. The molecule has 3 aromatic carbocycles. The topological polar surface area (TPSA) is 122 Å². The molecule has 0 fully saturated rings. The molecule has 0 saturated carbocycles. The predicted octanol–water partition coefficient (Wildman–Crippen LogP) is 5.71. The molecule has 0 aliphatic rings. The first-order valence-electron chi connectivity index (χ1n) is 12.9. The number of amides is 2. The number of halogens is 2. The first kappa shape index (κ1) is 31.6. The van der Waals surface area contributed by atoms with Crippen LogP contribution < -0.4 is 19.8 Å². The molecule has 43 heavy (non-hydrogen) atoms. The van der Waals surface area contributed by atoms with E-state index in [1.807, 2.05) is 30.5 Å². The second kappa shape index (κ2) is 13.3. The Morgan fingerprint density at radius 3 is 2.33 bits per heavy atom. The fourth-order valence-electron chi connectivity index (χ4n) is 4.40. The lowest BCUT2D eigenvalue weighted by atomic mass is 10.2. The Labute approximate surface area is 259 Å². The van der Waals surface area contributed by atoms with Crippen molar-refractivity contribution in [3.63, 3.8) is 0 Å². The van der Waals surface area contributed by atoms with E-state index in [0.717, 1.165) is 15.7 Å². The molecule has 2 N–H and O–H groups in total. The van der Waals surface area contributed by atoms with Gasteiger partial charge in [-0.05, 0) is 80.6 Å². The van der Waals surface area contributed by atoms with Crippen LogP contribution in [0.5, 0.6) is 5.75 Å². The number of carbonyl (C=O) groups excluding carboxylic acids is 2. The Hall–Kier alpha value is -4.32. The molecule has 224 valence electrons. The molecule has 0 bridgehead atoms. The van der Waals surface area contributed by atoms with E-state index in [1.165, 1.54) is 56.6 Å². The van der Waals surface area contributed by atoms with E-state index in [1.54, 1.807) is 24.3 Å². The third-order valence-corrected chi connectivity index (χ3v) is 9.04. The summed E-state index contributed by atoms with van der Waals surface area (Å²) in [6.07, 6.45) is 1.47.